The van der Waals surface area contributed by atoms with Gasteiger partial charge in [0.05, 0.1) is 24.8 Å². The summed E-state index contributed by atoms with van der Waals surface area (Å²) in [4.78, 5) is 39.9. The zero-order chi connectivity index (χ0) is 21.8. The van der Waals surface area contributed by atoms with Gasteiger partial charge in [0.1, 0.15) is 19.4 Å². The predicted octanol–water partition coefficient (Wildman–Crippen LogP) is 2.12. The molecule has 0 aromatic heterocycles. The molecule has 1 N–H and O–H groups in total. The molecule has 1 aliphatic heterocycles. The Bertz CT molecular complexity index is 1060. The molecule has 4 rings (SSSR count). The second-order valence-corrected chi connectivity index (χ2v) is 10.0. The van der Waals surface area contributed by atoms with E-state index in [1.807, 2.05) is 60.7 Å². The van der Waals surface area contributed by atoms with Crippen LogP contribution in [0.1, 0.15) is 31.8 Å². The molecule has 3 aromatic carbocycles. The number of hydrogen-bond acceptors (Lipinski definition) is 4. The first-order chi connectivity index (χ1) is 14.9. The molecule has 2 amide bonds. The minimum absolute atomic E-state index is 0.163. The van der Waals surface area contributed by atoms with Gasteiger partial charge in [0, 0.05) is 11.1 Å². The van der Waals surface area contributed by atoms with Gasteiger partial charge in [-0.05, 0) is 12.1 Å². The Hall–Kier alpha value is -3.05. The molecule has 0 fully saturated rings. The highest BCUT2D eigenvalue weighted by Gasteiger charge is 2.37. The zero-order valence-corrected chi connectivity index (χ0v) is 17.8. The van der Waals surface area contributed by atoms with Crippen molar-refractivity contribution >= 4 is 19.2 Å². The van der Waals surface area contributed by atoms with Crippen LogP contribution in [0.15, 0.2) is 84.9 Å². The number of nitrogens with zero attached hydrogens (tertiary/aromatic N) is 1. The largest absolute Gasteiger partial charge is 0.794 e. The summed E-state index contributed by atoms with van der Waals surface area (Å²) in [5.41, 5.74) is 2.55. The fourth-order valence-corrected chi connectivity index (χ4v) is 5.61. The van der Waals surface area contributed by atoms with Gasteiger partial charge in [-0.1, -0.05) is 72.8 Å². The molecule has 6 nitrogen and oxygen atoms in total. The Labute approximate surface area is 181 Å². The van der Waals surface area contributed by atoms with E-state index in [1.165, 1.54) is 0 Å². The lowest BCUT2D eigenvalue weighted by molar-refractivity contribution is -0.917. The summed E-state index contributed by atoms with van der Waals surface area (Å²) >= 11 is 0. The molecule has 0 aliphatic carbocycles. The van der Waals surface area contributed by atoms with Crippen molar-refractivity contribution < 1.29 is 23.9 Å². The number of imide groups is 1. The van der Waals surface area contributed by atoms with Crippen molar-refractivity contribution in [1.82, 2.24) is 4.90 Å². The molecular formula is C24H23N2O4P. The molecular weight excluding hydrogens is 411 g/mol. The molecule has 0 bridgehead atoms. The third-order valence-corrected chi connectivity index (χ3v) is 6.94. The maximum Gasteiger partial charge on any atom is 0.261 e. The van der Waals surface area contributed by atoms with E-state index in [0.29, 0.717) is 13.1 Å². The standard InChI is InChI=1S/C24H23N2O4P/c27-23-21-13-7-8-14-22(21)24(28)26(23)18-31(29,30)17-25(15-19-9-3-1-4-10-19)16-20-11-5-2-6-12-20/h1-14H,15-18H2,(H,29,30). The highest BCUT2D eigenvalue weighted by molar-refractivity contribution is 7.56. The number of nitrogens with one attached hydrogen (secondary N) is 1. The maximum atomic E-state index is 13.1. The molecule has 0 spiro atoms. The van der Waals surface area contributed by atoms with Crippen molar-refractivity contribution in [1.29, 1.82) is 0 Å². The van der Waals surface area contributed by atoms with Gasteiger partial charge >= 0.3 is 0 Å². The molecule has 0 saturated heterocycles. The Morgan fingerprint density at radius 2 is 1.13 bits per heavy atom. The summed E-state index contributed by atoms with van der Waals surface area (Å²) in [6, 6.07) is 25.8. The smallest absolute Gasteiger partial charge is 0.261 e. The second kappa shape index (κ2) is 8.98. The van der Waals surface area contributed by atoms with Gasteiger partial charge in [-0.3, -0.25) is 14.5 Å². The SMILES string of the molecule is O=C1c2ccccc2C(=O)N1CP(=O)([O-])C[NH+](Cc1ccccc1)Cc1ccccc1. The second-order valence-electron chi connectivity index (χ2n) is 7.77. The van der Waals surface area contributed by atoms with E-state index in [9.17, 15) is 19.0 Å². The number of benzene rings is 3. The van der Waals surface area contributed by atoms with Crippen molar-refractivity contribution in [3.8, 4) is 0 Å². The maximum absolute atomic E-state index is 13.1. The van der Waals surface area contributed by atoms with Crippen molar-refractivity contribution in [2.45, 2.75) is 13.1 Å². The van der Waals surface area contributed by atoms with Crippen LogP contribution in [0.3, 0.4) is 0 Å². The lowest BCUT2D eigenvalue weighted by atomic mass is 10.1. The molecule has 7 heteroatoms. The summed E-state index contributed by atoms with van der Waals surface area (Å²) in [7, 11) is -4.08. The summed E-state index contributed by atoms with van der Waals surface area (Å²) < 4.78 is 13.1. The third kappa shape index (κ3) is 5.00. The number of carbonyl (C=O) groups excluding carboxylic acids is 2. The van der Waals surface area contributed by atoms with Crippen LogP contribution < -0.4 is 9.79 Å². The van der Waals surface area contributed by atoms with Crippen LogP contribution >= 0.6 is 7.37 Å². The van der Waals surface area contributed by atoms with E-state index < -0.39 is 25.5 Å². The Balaban J connectivity index is 1.52. The van der Waals surface area contributed by atoms with Crippen LogP contribution in [-0.2, 0) is 17.7 Å². The summed E-state index contributed by atoms with van der Waals surface area (Å²) in [5, 5.41) is 0. The van der Waals surface area contributed by atoms with Gasteiger partial charge in [-0.15, -0.1) is 0 Å². The molecule has 158 valence electrons. The molecule has 1 aliphatic rings. The number of hydrogen-bond donors (Lipinski definition) is 1. The average molecular weight is 434 g/mol. The van der Waals surface area contributed by atoms with Crippen LogP contribution in [0, 0.1) is 0 Å². The minimum atomic E-state index is -4.08. The van der Waals surface area contributed by atoms with Crippen molar-refractivity contribution in [2.75, 3.05) is 12.6 Å². The Morgan fingerprint density at radius 3 is 1.58 bits per heavy atom. The summed E-state index contributed by atoms with van der Waals surface area (Å²) in [6.45, 7) is 1.04. The number of carbonyl (C=O) groups is 2. The van der Waals surface area contributed by atoms with Crippen LogP contribution in [0.25, 0.3) is 0 Å². The molecule has 1 atom stereocenters. The number of amides is 2. The number of fused-ring (bicyclic) bond motifs is 1. The molecule has 0 radical (unpaired) electrons. The molecule has 3 aromatic rings. The van der Waals surface area contributed by atoms with Crippen LogP contribution in [0.4, 0.5) is 0 Å². The van der Waals surface area contributed by atoms with E-state index in [2.05, 4.69) is 0 Å². The van der Waals surface area contributed by atoms with Crippen LogP contribution in [0.2, 0.25) is 0 Å². The van der Waals surface area contributed by atoms with Crippen molar-refractivity contribution in [3.63, 3.8) is 0 Å². The van der Waals surface area contributed by atoms with E-state index >= 15 is 0 Å². The fraction of sp³-hybridized carbons (Fsp3) is 0.167. The van der Waals surface area contributed by atoms with Gasteiger partial charge in [-0.25, -0.2) is 0 Å². The Morgan fingerprint density at radius 1 is 0.710 bits per heavy atom. The first-order valence-corrected chi connectivity index (χ1v) is 12.1. The highest BCUT2D eigenvalue weighted by atomic mass is 31.2. The van der Waals surface area contributed by atoms with Crippen molar-refractivity contribution in [2.24, 2.45) is 0 Å². The molecule has 0 saturated carbocycles. The van der Waals surface area contributed by atoms with Gasteiger partial charge in [-0.2, -0.15) is 0 Å². The van der Waals surface area contributed by atoms with E-state index in [-0.39, 0.29) is 17.4 Å². The van der Waals surface area contributed by atoms with Crippen molar-refractivity contribution in [3.05, 3.63) is 107 Å². The van der Waals surface area contributed by atoms with Gasteiger partial charge in [0.2, 0.25) is 0 Å². The van der Waals surface area contributed by atoms with E-state index in [1.54, 1.807) is 24.3 Å². The lowest BCUT2D eigenvalue weighted by Gasteiger charge is -2.31. The van der Waals surface area contributed by atoms with Gasteiger partial charge < -0.3 is 14.4 Å². The number of quaternary nitrogens is 1. The average Bonchev–Trinajstić information content (AvgIpc) is 2.99. The first kappa shape index (κ1) is 21.2. The predicted molar refractivity (Wildman–Crippen MR) is 116 cm³/mol. The first-order valence-electron chi connectivity index (χ1n) is 10.1. The van der Waals surface area contributed by atoms with Crippen LogP contribution in [0.5, 0.6) is 0 Å². The molecule has 31 heavy (non-hydrogen) atoms. The quantitative estimate of drug-likeness (QED) is 0.435. The minimum Gasteiger partial charge on any atom is -0.794 e. The molecule has 1 unspecified atom stereocenters. The van der Waals surface area contributed by atoms with Gasteiger partial charge in [0.25, 0.3) is 11.8 Å². The van der Waals surface area contributed by atoms with Crippen LogP contribution in [-0.4, -0.2) is 29.3 Å². The van der Waals surface area contributed by atoms with E-state index in [0.717, 1.165) is 20.9 Å². The highest BCUT2D eigenvalue weighted by Crippen LogP contribution is 2.37. The normalized spacial score (nSPS) is 15.2. The Kier molecular flexibility index (Phi) is 6.14. The van der Waals surface area contributed by atoms with Gasteiger partial charge in [0.15, 0.2) is 0 Å². The topological polar surface area (TPSA) is 82.0 Å². The molecule has 1 heterocycles. The third-order valence-electron chi connectivity index (χ3n) is 5.29. The summed E-state index contributed by atoms with van der Waals surface area (Å²) in [5.74, 6) is -1.10. The zero-order valence-electron chi connectivity index (χ0n) is 16.9. The fourth-order valence-electron chi connectivity index (χ4n) is 3.92. The lowest BCUT2D eigenvalue weighted by Crippen LogP contribution is -3.09. The summed E-state index contributed by atoms with van der Waals surface area (Å²) in [6.07, 6.45) is -0.753. The monoisotopic (exact) mass is 434 g/mol. The number of rotatable bonds is 8. The van der Waals surface area contributed by atoms with E-state index in [4.69, 9.17) is 0 Å².